The highest BCUT2D eigenvalue weighted by molar-refractivity contribution is 5.91. The minimum absolute atomic E-state index is 0.0366. The molecular formula is C24H31NO. The molecule has 0 aliphatic heterocycles. The number of nitrogens with zero attached hydrogens (tertiary/aromatic N) is 1. The summed E-state index contributed by atoms with van der Waals surface area (Å²) in [5.41, 5.74) is 1.82. The monoisotopic (exact) mass is 349 g/mol. The molecule has 0 bridgehead atoms. The molecule has 0 radical (unpaired) electrons. The van der Waals surface area contributed by atoms with Crippen LogP contribution in [0.2, 0.25) is 0 Å². The van der Waals surface area contributed by atoms with Gasteiger partial charge in [0.05, 0.1) is 11.5 Å². The molecule has 0 aromatic rings. The number of carbonyl (C=O) groups excluding carboxylic acids is 1. The maximum absolute atomic E-state index is 12.0. The van der Waals surface area contributed by atoms with E-state index in [4.69, 9.17) is 0 Å². The molecule has 0 saturated heterocycles. The molecule has 0 unspecified atom stereocenters. The van der Waals surface area contributed by atoms with Crippen molar-refractivity contribution in [2.75, 3.05) is 0 Å². The van der Waals surface area contributed by atoms with Crippen molar-refractivity contribution in [3.8, 4) is 6.07 Å². The lowest BCUT2D eigenvalue weighted by Gasteiger charge is -2.58. The van der Waals surface area contributed by atoms with E-state index in [9.17, 15) is 10.1 Å². The van der Waals surface area contributed by atoms with E-state index >= 15 is 0 Å². The molecule has 0 heterocycles. The van der Waals surface area contributed by atoms with Gasteiger partial charge in [0.1, 0.15) is 0 Å². The maximum atomic E-state index is 12.0. The zero-order chi connectivity index (χ0) is 17.8. The molecular weight excluding hydrogens is 318 g/mol. The van der Waals surface area contributed by atoms with Crippen LogP contribution in [0.1, 0.15) is 65.2 Å². The van der Waals surface area contributed by atoms with Crippen LogP contribution in [-0.2, 0) is 4.79 Å². The van der Waals surface area contributed by atoms with E-state index in [0.29, 0.717) is 23.0 Å². The highest BCUT2D eigenvalue weighted by Gasteiger charge is 2.78. The lowest BCUT2D eigenvalue weighted by atomic mass is 9.45. The highest BCUT2D eigenvalue weighted by Crippen LogP contribution is 2.82. The molecule has 0 amide bonds. The SMILES string of the molecule is CC[C@]12CC[C@H]3[C@@H]([C@@H]4C[C@@H]4C4=CC(=O)CC[C@@H]43)[C@@H]1[C@@H]1C[C@@H]1[C@@]2(C#N)CC. The molecule has 0 aromatic heterocycles. The summed E-state index contributed by atoms with van der Waals surface area (Å²) in [6.45, 7) is 4.68. The predicted octanol–water partition coefficient (Wildman–Crippen LogP) is 5.15. The second-order valence-electron chi connectivity index (χ2n) is 10.5. The molecule has 2 heteroatoms. The van der Waals surface area contributed by atoms with Gasteiger partial charge in [0, 0.05) is 6.42 Å². The third kappa shape index (κ3) is 1.56. The van der Waals surface area contributed by atoms with E-state index in [1.807, 2.05) is 0 Å². The van der Waals surface area contributed by atoms with Gasteiger partial charge in [-0.05, 0) is 104 Å². The number of hydrogen-bond donors (Lipinski definition) is 0. The Morgan fingerprint density at radius 3 is 2.69 bits per heavy atom. The van der Waals surface area contributed by atoms with Gasteiger partial charge in [-0.25, -0.2) is 0 Å². The summed E-state index contributed by atoms with van der Waals surface area (Å²) in [7, 11) is 0. The Morgan fingerprint density at radius 2 is 1.96 bits per heavy atom. The summed E-state index contributed by atoms with van der Waals surface area (Å²) in [5.74, 6) is 6.69. The van der Waals surface area contributed by atoms with Crippen LogP contribution >= 0.6 is 0 Å². The first kappa shape index (κ1) is 15.9. The normalized spacial score (nSPS) is 58.3. The fourth-order valence-corrected chi connectivity index (χ4v) is 9.55. The number of fused-ring (bicyclic) bond motifs is 10. The van der Waals surface area contributed by atoms with Crippen molar-refractivity contribution in [1.82, 2.24) is 0 Å². The number of hydrogen-bond acceptors (Lipinski definition) is 2. The maximum Gasteiger partial charge on any atom is 0.155 e. The van der Waals surface area contributed by atoms with Crippen molar-refractivity contribution < 1.29 is 4.79 Å². The summed E-state index contributed by atoms with van der Waals surface area (Å²) in [6.07, 6.45) is 11.5. The third-order valence-corrected chi connectivity index (χ3v) is 10.4. The van der Waals surface area contributed by atoms with Gasteiger partial charge in [0.15, 0.2) is 5.78 Å². The fraction of sp³-hybridized carbons (Fsp3) is 0.833. The number of rotatable bonds is 2. The molecule has 5 fully saturated rings. The number of allylic oxidation sites excluding steroid dienone is 1. The van der Waals surface area contributed by atoms with E-state index in [1.165, 1.54) is 32.1 Å². The largest absolute Gasteiger partial charge is 0.295 e. The molecule has 6 rings (SSSR count). The Kier molecular flexibility index (Phi) is 2.96. The molecule has 26 heavy (non-hydrogen) atoms. The van der Waals surface area contributed by atoms with E-state index in [1.54, 1.807) is 5.57 Å². The van der Waals surface area contributed by atoms with Crippen LogP contribution < -0.4 is 0 Å². The van der Waals surface area contributed by atoms with E-state index in [0.717, 1.165) is 54.8 Å². The standard InChI is InChI=1S/C24H31NO/c1-3-23-8-7-15-14-6-5-13(26)9-16(14)17-10-18(17)21(15)22(23)19-11-20(19)24(23,4-2)12-25/h9,14-15,17-22H,3-8,10-11H2,1-2H3/t14-,15-,17-,18-,19-,20+,21+,22+,23+,24+/m1/s1. The van der Waals surface area contributed by atoms with Crippen LogP contribution in [0.25, 0.3) is 0 Å². The summed E-state index contributed by atoms with van der Waals surface area (Å²) in [5, 5.41) is 10.3. The topological polar surface area (TPSA) is 40.9 Å². The van der Waals surface area contributed by atoms with Crippen LogP contribution in [0.3, 0.4) is 0 Å². The highest BCUT2D eigenvalue weighted by atomic mass is 16.1. The fourth-order valence-electron chi connectivity index (χ4n) is 9.55. The molecule has 6 aliphatic rings. The second-order valence-corrected chi connectivity index (χ2v) is 10.5. The Labute approximate surface area is 157 Å². The van der Waals surface area contributed by atoms with E-state index in [2.05, 4.69) is 26.0 Å². The molecule has 5 saturated carbocycles. The van der Waals surface area contributed by atoms with Crippen molar-refractivity contribution in [3.05, 3.63) is 11.6 Å². The summed E-state index contributed by atoms with van der Waals surface area (Å²) in [6, 6.07) is 2.94. The minimum atomic E-state index is -0.0366. The van der Waals surface area contributed by atoms with Crippen LogP contribution in [0.5, 0.6) is 0 Å². The Balaban J connectivity index is 1.45. The smallest absolute Gasteiger partial charge is 0.155 e. The molecule has 0 N–H and O–H groups in total. The molecule has 2 nitrogen and oxygen atoms in total. The summed E-state index contributed by atoms with van der Waals surface area (Å²) < 4.78 is 0. The molecule has 6 aliphatic carbocycles. The van der Waals surface area contributed by atoms with Crippen molar-refractivity contribution in [2.24, 2.45) is 58.2 Å². The van der Waals surface area contributed by atoms with Gasteiger partial charge in [-0.2, -0.15) is 5.26 Å². The van der Waals surface area contributed by atoms with Crippen LogP contribution in [0, 0.1) is 69.5 Å². The van der Waals surface area contributed by atoms with Gasteiger partial charge in [0.2, 0.25) is 0 Å². The van der Waals surface area contributed by atoms with Crippen molar-refractivity contribution in [1.29, 1.82) is 5.26 Å². The van der Waals surface area contributed by atoms with Gasteiger partial charge in [-0.15, -0.1) is 0 Å². The summed E-state index contributed by atoms with van der Waals surface area (Å²) in [4.78, 5) is 12.0. The Morgan fingerprint density at radius 1 is 1.12 bits per heavy atom. The average molecular weight is 350 g/mol. The van der Waals surface area contributed by atoms with Crippen molar-refractivity contribution in [3.63, 3.8) is 0 Å². The van der Waals surface area contributed by atoms with Crippen LogP contribution in [0.15, 0.2) is 11.6 Å². The van der Waals surface area contributed by atoms with Gasteiger partial charge >= 0.3 is 0 Å². The first-order valence-electron chi connectivity index (χ1n) is 11.3. The van der Waals surface area contributed by atoms with E-state index < -0.39 is 0 Å². The van der Waals surface area contributed by atoms with Crippen LogP contribution in [0.4, 0.5) is 0 Å². The molecule has 138 valence electrons. The lowest BCUT2D eigenvalue weighted by molar-refractivity contribution is -0.116. The number of nitriles is 1. The van der Waals surface area contributed by atoms with Gasteiger partial charge in [-0.1, -0.05) is 19.4 Å². The van der Waals surface area contributed by atoms with Crippen molar-refractivity contribution in [2.45, 2.75) is 65.2 Å². The van der Waals surface area contributed by atoms with Gasteiger partial charge in [0.25, 0.3) is 0 Å². The average Bonchev–Trinajstić information content (AvgIpc) is 3.57. The zero-order valence-electron chi connectivity index (χ0n) is 16.2. The Hall–Kier alpha value is -1.10. The number of ketones is 1. The van der Waals surface area contributed by atoms with E-state index in [-0.39, 0.29) is 5.41 Å². The van der Waals surface area contributed by atoms with Gasteiger partial charge in [-0.3, -0.25) is 4.79 Å². The zero-order valence-corrected chi connectivity index (χ0v) is 16.2. The Bertz CT molecular complexity index is 761. The summed E-state index contributed by atoms with van der Waals surface area (Å²) >= 11 is 0. The first-order chi connectivity index (χ1) is 12.6. The van der Waals surface area contributed by atoms with Gasteiger partial charge < -0.3 is 0 Å². The first-order valence-corrected chi connectivity index (χ1v) is 11.3. The minimum Gasteiger partial charge on any atom is -0.295 e. The van der Waals surface area contributed by atoms with Crippen LogP contribution in [-0.4, -0.2) is 5.78 Å². The lowest BCUT2D eigenvalue weighted by Crippen LogP contribution is -2.53. The molecule has 10 atom stereocenters. The number of carbonyl (C=O) groups is 1. The molecule has 0 spiro atoms. The van der Waals surface area contributed by atoms with Crippen molar-refractivity contribution >= 4 is 5.78 Å². The predicted molar refractivity (Wildman–Crippen MR) is 99.8 cm³/mol. The molecule has 0 aromatic carbocycles. The quantitative estimate of drug-likeness (QED) is 0.692. The second kappa shape index (κ2) is 4.84. The third-order valence-electron chi connectivity index (χ3n) is 10.4.